The third-order valence-corrected chi connectivity index (χ3v) is 4.10. The van der Waals surface area contributed by atoms with Crippen molar-refractivity contribution in [2.45, 2.75) is 19.6 Å². The van der Waals surface area contributed by atoms with Crippen LogP contribution in [0.15, 0.2) is 42.6 Å². The van der Waals surface area contributed by atoms with Crippen LogP contribution in [0.2, 0.25) is 5.02 Å². The minimum Gasteiger partial charge on any atom is -0.507 e. The van der Waals surface area contributed by atoms with E-state index in [2.05, 4.69) is 20.5 Å². The Hall–Kier alpha value is -2.87. The van der Waals surface area contributed by atoms with Crippen LogP contribution in [0, 0.1) is 6.92 Å². The fraction of sp³-hybridized carbons (Fsp3) is 0.167. The van der Waals surface area contributed by atoms with E-state index in [-0.39, 0.29) is 10.7 Å². The van der Waals surface area contributed by atoms with Crippen molar-refractivity contribution in [3.8, 4) is 17.0 Å². The molecule has 9 heteroatoms. The minimum absolute atomic E-state index is 0.111. The first-order valence-electron chi connectivity index (χ1n) is 7.84. The number of benzene rings is 1. The zero-order chi connectivity index (χ0) is 19.6. The number of phenols is 1. The van der Waals surface area contributed by atoms with Crippen LogP contribution in [-0.4, -0.2) is 20.3 Å². The molecule has 2 aromatic heterocycles. The summed E-state index contributed by atoms with van der Waals surface area (Å²) in [5.41, 5.74) is 0.163. The van der Waals surface area contributed by atoms with Crippen molar-refractivity contribution in [3.05, 3.63) is 64.4 Å². The summed E-state index contributed by atoms with van der Waals surface area (Å²) < 4.78 is 39.9. The molecule has 0 atom stereocenters. The Kier molecular flexibility index (Phi) is 5.18. The molecule has 0 unspecified atom stereocenters. The maximum atomic E-state index is 13.3. The number of hydrogen-bond donors (Lipinski definition) is 2. The summed E-state index contributed by atoms with van der Waals surface area (Å²) >= 11 is 5.64. The number of anilines is 1. The highest BCUT2D eigenvalue weighted by atomic mass is 35.5. The molecule has 1 aromatic carbocycles. The monoisotopic (exact) mass is 394 g/mol. The Balaban J connectivity index is 1.87. The molecule has 3 aromatic rings. The number of aromatic nitrogens is 3. The molecule has 0 radical (unpaired) electrons. The molecule has 0 saturated heterocycles. The predicted octanol–water partition coefficient (Wildman–Crippen LogP) is 4.84. The van der Waals surface area contributed by atoms with Gasteiger partial charge in [-0.25, -0.2) is 0 Å². The number of alkyl halides is 3. The lowest BCUT2D eigenvalue weighted by Gasteiger charge is -2.14. The summed E-state index contributed by atoms with van der Waals surface area (Å²) in [5.74, 6) is -0.236. The predicted molar refractivity (Wildman–Crippen MR) is 95.4 cm³/mol. The van der Waals surface area contributed by atoms with Crippen LogP contribution in [0.5, 0.6) is 5.75 Å². The van der Waals surface area contributed by atoms with E-state index in [0.29, 0.717) is 12.4 Å². The maximum absolute atomic E-state index is 13.3. The molecule has 0 spiro atoms. The van der Waals surface area contributed by atoms with E-state index in [9.17, 15) is 18.3 Å². The Labute approximate surface area is 157 Å². The number of aromatic hydroxyl groups is 1. The van der Waals surface area contributed by atoms with E-state index in [4.69, 9.17) is 11.6 Å². The van der Waals surface area contributed by atoms with Gasteiger partial charge in [-0.05, 0) is 42.8 Å². The average Bonchev–Trinajstić information content (AvgIpc) is 2.60. The normalized spacial score (nSPS) is 11.4. The lowest BCUT2D eigenvalue weighted by atomic mass is 10.0. The standard InChI is InChI=1S/C18H14ClF3N4O/c1-10-11(3-2-6-23-10)9-24-16-5-4-14(25-26-16)17-13(18(20,21)22)7-12(19)8-15(17)27/h2-8,27H,9H2,1H3,(H,24,26). The number of aryl methyl sites for hydroxylation is 1. The number of nitrogens with zero attached hydrogens (tertiary/aromatic N) is 3. The van der Waals surface area contributed by atoms with E-state index in [1.54, 1.807) is 12.3 Å². The number of phenolic OH excluding ortho intramolecular Hbond substituents is 1. The molecule has 0 amide bonds. The van der Waals surface area contributed by atoms with E-state index in [0.717, 1.165) is 23.4 Å². The topological polar surface area (TPSA) is 70.9 Å². The third kappa shape index (κ3) is 4.28. The van der Waals surface area contributed by atoms with Crippen molar-refractivity contribution in [2.75, 3.05) is 5.32 Å². The molecular weight excluding hydrogens is 381 g/mol. The first-order chi connectivity index (χ1) is 12.8. The summed E-state index contributed by atoms with van der Waals surface area (Å²) in [4.78, 5) is 4.17. The minimum atomic E-state index is -4.70. The van der Waals surface area contributed by atoms with Crippen molar-refractivity contribution in [3.63, 3.8) is 0 Å². The average molecular weight is 395 g/mol. The molecule has 2 heterocycles. The Morgan fingerprint density at radius 3 is 2.56 bits per heavy atom. The first kappa shape index (κ1) is 18.9. The molecule has 2 N–H and O–H groups in total. The highest BCUT2D eigenvalue weighted by molar-refractivity contribution is 6.31. The highest BCUT2D eigenvalue weighted by Crippen LogP contribution is 2.42. The lowest BCUT2D eigenvalue weighted by molar-refractivity contribution is -0.137. The molecule has 140 valence electrons. The number of halogens is 4. The Bertz CT molecular complexity index is 962. The van der Waals surface area contributed by atoms with Crippen LogP contribution < -0.4 is 5.32 Å². The smallest absolute Gasteiger partial charge is 0.417 e. The fourth-order valence-corrected chi connectivity index (χ4v) is 2.75. The van der Waals surface area contributed by atoms with Gasteiger partial charge >= 0.3 is 6.18 Å². The molecule has 27 heavy (non-hydrogen) atoms. The van der Waals surface area contributed by atoms with E-state index in [1.165, 1.54) is 12.1 Å². The SMILES string of the molecule is Cc1ncccc1CNc1ccc(-c2c(O)cc(Cl)cc2C(F)(F)F)nn1. The molecular formula is C18H14ClF3N4O. The van der Waals surface area contributed by atoms with Crippen molar-refractivity contribution in [2.24, 2.45) is 0 Å². The number of pyridine rings is 1. The van der Waals surface area contributed by atoms with Gasteiger partial charge in [0.05, 0.1) is 16.8 Å². The molecule has 3 rings (SSSR count). The summed E-state index contributed by atoms with van der Waals surface area (Å²) in [6.45, 7) is 2.31. The van der Waals surface area contributed by atoms with Gasteiger partial charge in [-0.1, -0.05) is 17.7 Å². The van der Waals surface area contributed by atoms with Crippen molar-refractivity contribution in [1.29, 1.82) is 0 Å². The van der Waals surface area contributed by atoms with Crippen molar-refractivity contribution < 1.29 is 18.3 Å². The van der Waals surface area contributed by atoms with Crippen molar-refractivity contribution >= 4 is 17.4 Å². The first-order valence-corrected chi connectivity index (χ1v) is 8.21. The number of nitrogens with one attached hydrogen (secondary N) is 1. The maximum Gasteiger partial charge on any atom is 0.417 e. The molecule has 0 aliphatic rings. The molecule has 0 aliphatic heterocycles. The summed E-state index contributed by atoms with van der Waals surface area (Å²) in [6.07, 6.45) is -3.02. The van der Waals surface area contributed by atoms with E-state index < -0.39 is 23.1 Å². The molecule has 0 saturated carbocycles. The van der Waals surface area contributed by atoms with Gasteiger partial charge < -0.3 is 10.4 Å². The zero-order valence-corrected chi connectivity index (χ0v) is 14.8. The van der Waals surface area contributed by atoms with Crippen LogP contribution in [0.25, 0.3) is 11.3 Å². The highest BCUT2D eigenvalue weighted by Gasteiger charge is 2.36. The number of hydrogen-bond acceptors (Lipinski definition) is 5. The molecule has 0 bridgehead atoms. The van der Waals surface area contributed by atoms with Crippen LogP contribution in [0.3, 0.4) is 0 Å². The molecule has 5 nitrogen and oxygen atoms in total. The third-order valence-electron chi connectivity index (χ3n) is 3.88. The molecule has 0 fully saturated rings. The van der Waals surface area contributed by atoms with E-state index in [1.807, 2.05) is 13.0 Å². The van der Waals surface area contributed by atoms with Crippen LogP contribution >= 0.6 is 11.6 Å². The summed E-state index contributed by atoms with van der Waals surface area (Å²) in [6, 6.07) is 8.33. The van der Waals surface area contributed by atoms with Gasteiger partial charge in [0.2, 0.25) is 0 Å². The summed E-state index contributed by atoms with van der Waals surface area (Å²) in [7, 11) is 0. The fourth-order valence-electron chi connectivity index (χ4n) is 2.54. The van der Waals surface area contributed by atoms with Gasteiger partial charge in [0, 0.05) is 23.5 Å². The van der Waals surface area contributed by atoms with Gasteiger partial charge in [0.1, 0.15) is 11.6 Å². The zero-order valence-electron chi connectivity index (χ0n) is 14.0. The van der Waals surface area contributed by atoms with Crippen molar-refractivity contribution in [1.82, 2.24) is 15.2 Å². The van der Waals surface area contributed by atoms with Crippen LogP contribution in [-0.2, 0) is 12.7 Å². The van der Waals surface area contributed by atoms with Crippen LogP contribution in [0.1, 0.15) is 16.8 Å². The lowest BCUT2D eigenvalue weighted by Crippen LogP contribution is -2.09. The van der Waals surface area contributed by atoms with E-state index >= 15 is 0 Å². The molecule has 0 aliphatic carbocycles. The quantitative estimate of drug-likeness (QED) is 0.662. The Morgan fingerprint density at radius 1 is 1.15 bits per heavy atom. The largest absolute Gasteiger partial charge is 0.507 e. The Morgan fingerprint density at radius 2 is 1.93 bits per heavy atom. The van der Waals surface area contributed by atoms with Gasteiger partial charge in [0.15, 0.2) is 0 Å². The van der Waals surface area contributed by atoms with Gasteiger partial charge in [-0.15, -0.1) is 10.2 Å². The second-order valence-corrected chi connectivity index (χ2v) is 6.19. The second-order valence-electron chi connectivity index (χ2n) is 5.75. The number of rotatable bonds is 4. The van der Waals surface area contributed by atoms with Gasteiger partial charge in [-0.3, -0.25) is 4.98 Å². The van der Waals surface area contributed by atoms with Crippen LogP contribution in [0.4, 0.5) is 19.0 Å². The van der Waals surface area contributed by atoms with Gasteiger partial charge in [0.25, 0.3) is 0 Å². The van der Waals surface area contributed by atoms with Gasteiger partial charge in [-0.2, -0.15) is 13.2 Å². The summed E-state index contributed by atoms with van der Waals surface area (Å²) in [5, 5.41) is 20.5. The second kappa shape index (κ2) is 7.40.